The van der Waals surface area contributed by atoms with Crippen molar-refractivity contribution in [3.05, 3.63) is 0 Å². The van der Waals surface area contributed by atoms with E-state index in [4.69, 9.17) is 4.74 Å². The highest BCUT2D eigenvalue weighted by atomic mass is 16.5. The first-order valence-electron chi connectivity index (χ1n) is 7.24. The lowest BCUT2D eigenvalue weighted by molar-refractivity contribution is -0.143. The van der Waals surface area contributed by atoms with E-state index in [-0.39, 0.29) is 24.0 Å². The second-order valence-electron chi connectivity index (χ2n) is 4.61. The van der Waals surface area contributed by atoms with Crippen LogP contribution in [-0.4, -0.2) is 37.1 Å². The average Bonchev–Trinajstić information content (AvgIpc) is 2.40. The molecule has 2 N–H and O–H groups in total. The molecule has 1 amide bonds. The van der Waals surface area contributed by atoms with Crippen molar-refractivity contribution in [1.82, 2.24) is 10.6 Å². The maximum absolute atomic E-state index is 11.8. The Morgan fingerprint density at radius 3 is 2.32 bits per heavy atom. The summed E-state index contributed by atoms with van der Waals surface area (Å²) in [4.78, 5) is 23.0. The van der Waals surface area contributed by atoms with Gasteiger partial charge in [0.2, 0.25) is 5.91 Å². The largest absolute Gasteiger partial charge is 0.466 e. The first-order chi connectivity index (χ1) is 9.04. The molecule has 112 valence electrons. The van der Waals surface area contributed by atoms with Gasteiger partial charge in [0.1, 0.15) is 0 Å². The third-order valence-electron chi connectivity index (χ3n) is 3.04. The van der Waals surface area contributed by atoms with Crippen molar-refractivity contribution in [1.29, 1.82) is 0 Å². The van der Waals surface area contributed by atoms with Crippen LogP contribution < -0.4 is 10.6 Å². The van der Waals surface area contributed by atoms with Crippen molar-refractivity contribution >= 4 is 11.9 Å². The number of rotatable bonds is 10. The SMILES string of the molecule is CCOC(=O)CCCNC(C)C(=O)NC(CC)CC. The van der Waals surface area contributed by atoms with Gasteiger partial charge < -0.3 is 15.4 Å². The molecule has 0 aromatic rings. The number of carbonyl (C=O) groups is 2. The Bertz CT molecular complexity index is 265. The van der Waals surface area contributed by atoms with Crippen LogP contribution in [0.15, 0.2) is 0 Å². The summed E-state index contributed by atoms with van der Waals surface area (Å²) in [6, 6.07) is 0.0130. The number of hydrogen-bond donors (Lipinski definition) is 2. The Hall–Kier alpha value is -1.10. The van der Waals surface area contributed by atoms with Crippen molar-refractivity contribution in [3.63, 3.8) is 0 Å². The Morgan fingerprint density at radius 2 is 1.79 bits per heavy atom. The molecule has 0 fully saturated rings. The second kappa shape index (κ2) is 10.8. The quantitative estimate of drug-likeness (QED) is 0.468. The van der Waals surface area contributed by atoms with Crippen LogP contribution in [0.5, 0.6) is 0 Å². The lowest BCUT2D eigenvalue weighted by Gasteiger charge is -2.19. The van der Waals surface area contributed by atoms with Gasteiger partial charge in [-0.25, -0.2) is 0 Å². The number of amides is 1. The molecule has 0 heterocycles. The lowest BCUT2D eigenvalue weighted by Crippen LogP contribution is -2.46. The number of carbonyl (C=O) groups excluding carboxylic acids is 2. The zero-order chi connectivity index (χ0) is 14.7. The van der Waals surface area contributed by atoms with E-state index in [2.05, 4.69) is 24.5 Å². The summed E-state index contributed by atoms with van der Waals surface area (Å²) in [7, 11) is 0. The van der Waals surface area contributed by atoms with Crippen LogP contribution in [0.4, 0.5) is 0 Å². The molecule has 0 aliphatic carbocycles. The van der Waals surface area contributed by atoms with Crippen molar-refractivity contribution in [3.8, 4) is 0 Å². The van der Waals surface area contributed by atoms with Crippen LogP contribution in [0, 0.1) is 0 Å². The van der Waals surface area contributed by atoms with Gasteiger partial charge in [-0.15, -0.1) is 0 Å². The predicted octanol–water partition coefficient (Wildman–Crippen LogP) is 1.61. The van der Waals surface area contributed by atoms with E-state index in [1.54, 1.807) is 6.92 Å². The molecule has 0 aromatic heterocycles. The molecular weight excluding hydrogens is 244 g/mol. The maximum atomic E-state index is 11.8. The van der Waals surface area contributed by atoms with Crippen LogP contribution in [0.1, 0.15) is 53.4 Å². The van der Waals surface area contributed by atoms with Gasteiger partial charge in [-0.05, 0) is 39.7 Å². The van der Waals surface area contributed by atoms with E-state index in [1.165, 1.54) is 0 Å². The summed E-state index contributed by atoms with van der Waals surface area (Å²) >= 11 is 0. The minimum absolute atomic E-state index is 0.0184. The molecule has 0 radical (unpaired) electrons. The summed E-state index contributed by atoms with van der Waals surface area (Å²) < 4.78 is 4.83. The van der Waals surface area contributed by atoms with Gasteiger partial charge in [0.25, 0.3) is 0 Å². The van der Waals surface area contributed by atoms with Gasteiger partial charge >= 0.3 is 5.97 Å². The fourth-order valence-corrected chi connectivity index (χ4v) is 1.70. The molecule has 0 aromatic carbocycles. The van der Waals surface area contributed by atoms with E-state index in [1.807, 2.05) is 6.92 Å². The zero-order valence-electron chi connectivity index (χ0n) is 12.6. The molecule has 1 unspecified atom stereocenters. The third-order valence-corrected chi connectivity index (χ3v) is 3.04. The number of hydrogen-bond acceptors (Lipinski definition) is 4. The van der Waals surface area contributed by atoms with E-state index in [9.17, 15) is 9.59 Å². The first kappa shape index (κ1) is 17.9. The highest BCUT2D eigenvalue weighted by Gasteiger charge is 2.15. The van der Waals surface area contributed by atoms with Gasteiger partial charge in [0.05, 0.1) is 12.6 Å². The molecule has 0 aliphatic rings. The van der Waals surface area contributed by atoms with Gasteiger partial charge in [-0.1, -0.05) is 13.8 Å². The predicted molar refractivity (Wildman–Crippen MR) is 75.8 cm³/mol. The van der Waals surface area contributed by atoms with Crippen LogP contribution in [0.25, 0.3) is 0 Å². The van der Waals surface area contributed by atoms with Crippen molar-refractivity contribution in [2.75, 3.05) is 13.2 Å². The Balaban J connectivity index is 3.76. The number of nitrogens with one attached hydrogen (secondary N) is 2. The highest BCUT2D eigenvalue weighted by Crippen LogP contribution is 1.97. The van der Waals surface area contributed by atoms with Crippen LogP contribution in [0.2, 0.25) is 0 Å². The van der Waals surface area contributed by atoms with E-state index in [0.29, 0.717) is 26.0 Å². The molecule has 1 atom stereocenters. The molecular formula is C14H28N2O3. The van der Waals surface area contributed by atoms with E-state index in [0.717, 1.165) is 12.8 Å². The van der Waals surface area contributed by atoms with Gasteiger partial charge in [0, 0.05) is 12.5 Å². The lowest BCUT2D eigenvalue weighted by atomic mass is 10.1. The van der Waals surface area contributed by atoms with Crippen molar-refractivity contribution in [2.24, 2.45) is 0 Å². The maximum Gasteiger partial charge on any atom is 0.305 e. The van der Waals surface area contributed by atoms with E-state index < -0.39 is 0 Å². The zero-order valence-corrected chi connectivity index (χ0v) is 12.6. The molecule has 0 bridgehead atoms. The molecule has 5 heteroatoms. The monoisotopic (exact) mass is 272 g/mol. The molecule has 5 nitrogen and oxygen atoms in total. The fourth-order valence-electron chi connectivity index (χ4n) is 1.70. The normalized spacial score (nSPS) is 12.3. The smallest absolute Gasteiger partial charge is 0.305 e. The Kier molecular flexibility index (Phi) is 10.2. The van der Waals surface area contributed by atoms with Crippen LogP contribution in [0.3, 0.4) is 0 Å². The molecule has 0 rings (SSSR count). The third kappa shape index (κ3) is 8.59. The van der Waals surface area contributed by atoms with Gasteiger partial charge in [-0.2, -0.15) is 0 Å². The minimum Gasteiger partial charge on any atom is -0.466 e. The van der Waals surface area contributed by atoms with Crippen molar-refractivity contribution < 1.29 is 14.3 Å². The van der Waals surface area contributed by atoms with Gasteiger partial charge in [0.15, 0.2) is 0 Å². The summed E-state index contributed by atoms with van der Waals surface area (Å²) in [5.74, 6) is -0.164. The first-order valence-corrected chi connectivity index (χ1v) is 7.24. The van der Waals surface area contributed by atoms with Gasteiger partial charge in [-0.3, -0.25) is 9.59 Å². The molecule has 0 aliphatic heterocycles. The highest BCUT2D eigenvalue weighted by molar-refractivity contribution is 5.81. The number of ether oxygens (including phenoxy) is 1. The second-order valence-corrected chi connectivity index (χ2v) is 4.61. The minimum atomic E-state index is -0.234. The summed E-state index contributed by atoms with van der Waals surface area (Å²) in [5, 5.41) is 6.11. The standard InChI is InChI=1S/C14H28N2O3/c1-5-12(6-2)16-14(18)11(4)15-10-8-9-13(17)19-7-3/h11-12,15H,5-10H2,1-4H3,(H,16,18). The van der Waals surface area contributed by atoms with Crippen LogP contribution in [-0.2, 0) is 14.3 Å². The molecule has 0 spiro atoms. The average molecular weight is 272 g/mol. The summed E-state index contributed by atoms with van der Waals surface area (Å²) in [5.41, 5.74) is 0. The van der Waals surface area contributed by atoms with Crippen molar-refractivity contribution in [2.45, 2.75) is 65.5 Å². The summed E-state index contributed by atoms with van der Waals surface area (Å²) in [6.45, 7) is 8.80. The topological polar surface area (TPSA) is 67.4 Å². The van der Waals surface area contributed by atoms with Crippen LogP contribution >= 0.6 is 0 Å². The number of esters is 1. The van der Waals surface area contributed by atoms with E-state index >= 15 is 0 Å². The summed E-state index contributed by atoms with van der Waals surface area (Å²) in [6.07, 6.45) is 2.96. The fraction of sp³-hybridized carbons (Fsp3) is 0.857. The Labute approximate surface area is 116 Å². The Morgan fingerprint density at radius 1 is 1.16 bits per heavy atom. The molecule has 0 saturated heterocycles. The molecule has 19 heavy (non-hydrogen) atoms. The molecule has 0 saturated carbocycles.